The fourth-order valence-electron chi connectivity index (χ4n) is 2.17. The molecule has 1 heterocycles. The summed E-state index contributed by atoms with van der Waals surface area (Å²) < 4.78 is 6.95. The second-order valence-corrected chi connectivity index (χ2v) is 6.86. The molecule has 0 aliphatic carbocycles. The van der Waals surface area contributed by atoms with Crippen LogP contribution in [0.25, 0.3) is 0 Å². The predicted octanol–water partition coefficient (Wildman–Crippen LogP) is 2.87. The van der Waals surface area contributed by atoms with Crippen LogP contribution in [0.2, 0.25) is 0 Å². The first kappa shape index (κ1) is 17.7. The number of nitrogens with one attached hydrogen (secondary N) is 1. The van der Waals surface area contributed by atoms with Crippen molar-refractivity contribution in [2.24, 2.45) is 0 Å². The lowest BCUT2D eigenvalue weighted by atomic mass is 9.97. The van der Waals surface area contributed by atoms with Crippen molar-refractivity contribution in [2.75, 3.05) is 0 Å². The highest BCUT2D eigenvalue weighted by molar-refractivity contribution is 5.77. The topological polar surface area (TPSA) is 73.2 Å². The first-order chi connectivity index (χ1) is 11.2. The zero-order valence-corrected chi connectivity index (χ0v) is 14.4. The molecule has 0 saturated carbocycles. The van der Waals surface area contributed by atoms with Gasteiger partial charge in [0.1, 0.15) is 17.4 Å². The van der Waals surface area contributed by atoms with E-state index >= 15 is 0 Å². The minimum absolute atomic E-state index is 0.586. The van der Waals surface area contributed by atoms with Crippen LogP contribution in [0.15, 0.2) is 42.7 Å². The Kier molecular flexibility index (Phi) is 5.07. The second kappa shape index (κ2) is 6.86. The van der Waals surface area contributed by atoms with Gasteiger partial charge >= 0.3 is 6.09 Å². The van der Waals surface area contributed by atoms with E-state index in [0.29, 0.717) is 18.4 Å². The van der Waals surface area contributed by atoms with Crippen LogP contribution >= 0.6 is 0 Å². The maximum atomic E-state index is 12.0. The zero-order chi connectivity index (χ0) is 17.8. The van der Waals surface area contributed by atoms with Gasteiger partial charge in [0.15, 0.2) is 0 Å². The highest BCUT2D eigenvalue weighted by Gasteiger charge is 2.31. The maximum Gasteiger partial charge on any atom is 0.408 e. The smallest absolute Gasteiger partial charge is 0.408 e. The minimum Gasteiger partial charge on any atom is -0.444 e. The molecule has 24 heavy (non-hydrogen) atoms. The molecule has 0 bridgehead atoms. The molecule has 0 saturated heterocycles. The second-order valence-electron chi connectivity index (χ2n) is 6.86. The van der Waals surface area contributed by atoms with Crippen LogP contribution in [0.5, 0.6) is 0 Å². The normalized spacial score (nSPS) is 13.8. The molecule has 1 atom stereocenters. The summed E-state index contributed by atoms with van der Waals surface area (Å²) in [4.78, 5) is 23.6. The van der Waals surface area contributed by atoms with Crippen molar-refractivity contribution >= 4 is 12.4 Å². The van der Waals surface area contributed by atoms with E-state index in [4.69, 9.17) is 4.74 Å². The van der Waals surface area contributed by atoms with Crippen molar-refractivity contribution in [1.82, 2.24) is 15.1 Å². The number of amides is 1. The van der Waals surface area contributed by atoms with Gasteiger partial charge in [-0.15, -0.1) is 0 Å². The number of aldehydes is 1. The molecule has 1 unspecified atom stereocenters. The Labute approximate surface area is 141 Å². The third-order valence-electron chi connectivity index (χ3n) is 3.42. The summed E-state index contributed by atoms with van der Waals surface area (Å²) in [6.45, 7) is 7.50. The number of hydrogen-bond acceptors (Lipinski definition) is 4. The minimum atomic E-state index is -1.20. The van der Waals surface area contributed by atoms with Gasteiger partial charge in [0.25, 0.3) is 0 Å². The zero-order valence-electron chi connectivity index (χ0n) is 14.4. The number of hydrogen-bond donors (Lipinski definition) is 1. The first-order valence-corrected chi connectivity index (χ1v) is 7.76. The molecule has 0 aliphatic heterocycles. The summed E-state index contributed by atoms with van der Waals surface area (Å²) >= 11 is 0. The van der Waals surface area contributed by atoms with Gasteiger partial charge in [-0.25, -0.2) is 4.79 Å². The summed E-state index contributed by atoms with van der Waals surface area (Å²) in [5.41, 5.74) is -0.137. The molecule has 0 spiro atoms. The Morgan fingerprint density at radius 2 is 1.92 bits per heavy atom. The number of rotatable bonds is 5. The summed E-state index contributed by atoms with van der Waals surface area (Å²) in [7, 11) is 0. The summed E-state index contributed by atoms with van der Waals surface area (Å²) in [6.07, 6.45) is 3.36. The molecule has 1 N–H and O–H groups in total. The van der Waals surface area contributed by atoms with Gasteiger partial charge in [0, 0.05) is 11.8 Å². The molecule has 6 nitrogen and oxygen atoms in total. The van der Waals surface area contributed by atoms with Crippen molar-refractivity contribution in [3.63, 3.8) is 0 Å². The van der Waals surface area contributed by atoms with E-state index < -0.39 is 17.2 Å². The first-order valence-electron chi connectivity index (χ1n) is 7.76. The Bertz CT molecular complexity index is 704. The van der Waals surface area contributed by atoms with Crippen molar-refractivity contribution in [1.29, 1.82) is 0 Å². The van der Waals surface area contributed by atoms with Crippen LogP contribution in [-0.2, 0) is 21.6 Å². The van der Waals surface area contributed by atoms with Crippen LogP contribution in [0, 0.1) is 0 Å². The molecule has 1 aromatic heterocycles. The van der Waals surface area contributed by atoms with Crippen molar-refractivity contribution in [3.8, 4) is 0 Å². The molecule has 1 aromatic carbocycles. The number of alkyl carbamates (subject to hydrolysis) is 1. The molecule has 128 valence electrons. The molecular formula is C18H23N3O3. The lowest BCUT2D eigenvalue weighted by Gasteiger charge is -2.26. The quantitative estimate of drug-likeness (QED) is 0.856. The van der Waals surface area contributed by atoms with Crippen LogP contribution < -0.4 is 5.32 Å². The molecule has 6 heteroatoms. The van der Waals surface area contributed by atoms with Crippen molar-refractivity contribution in [2.45, 2.75) is 45.4 Å². The summed E-state index contributed by atoms with van der Waals surface area (Å²) in [5.74, 6) is 0. The van der Waals surface area contributed by atoms with Gasteiger partial charge in [0.2, 0.25) is 0 Å². The summed E-state index contributed by atoms with van der Waals surface area (Å²) in [5, 5.41) is 6.88. The Morgan fingerprint density at radius 3 is 2.50 bits per heavy atom. The number of ether oxygens (including phenoxy) is 1. The molecule has 2 aromatic rings. The van der Waals surface area contributed by atoms with E-state index in [2.05, 4.69) is 10.4 Å². The van der Waals surface area contributed by atoms with Crippen molar-refractivity contribution < 1.29 is 14.3 Å². The van der Waals surface area contributed by atoms with Gasteiger partial charge < -0.3 is 14.8 Å². The number of aromatic nitrogens is 2. The number of nitrogens with zero attached hydrogens (tertiary/aromatic N) is 2. The summed E-state index contributed by atoms with van der Waals surface area (Å²) in [6, 6.07) is 9.86. The van der Waals surface area contributed by atoms with Gasteiger partial charge in [-0.2, -0.15) is 5.10 Å². The number of carbonyl (C=O) groups is 2. The van der Waals surface area contributed by atoms with Gasteiger partial charge in [-0.05, 0) is 33.3 Å². The highest BCUT2D eigenvalue weighted by Crippen LogP contribution is 2.19. The molecular weight excluding hydrogens is 306 g/mol. The van der Waals surface area contributed by atoms with Crippen LogP contribution in [0.1, 0.15) is 38.8 Å². The number of benzene rings is 1. The predicted molar refractivity (Wildman–Crippen MR) is 90.6 cm³/mol. The molecule has 1 amide bonds. The molecule has 2 rings (SSSR count). The third kappa shape index (κ3) is 4.68. The average Bonchev–Trinajstić information content (AvgIpc) is 2.95. The molecule has 0 fully saturated rings. The SMILES string of the molecule is CC(C)(C)OC(=O)NC(C)(C=O)c1cnn(Cc2ccccc2)c1. The Morgan fingerprint density at radius 1 is 1.25 bits per heavy atom. The monoisotopic (exact) mass is 329 g/mol. The van der Waals surface area contributed by atoms with Gasteiger partial charge in [-0.1, -0.05) is 30.3 Å². The van der Waals surface area contributed by atoms with Gasteiger partial charge in [-0.3, -0.25) is 4.68 Å². The van der Waals surface area contributed by atoms with E-state index in [0.717, 1.165) is 5.56 Å². The van der Waals surface area contributed by atoms with Crippen LogP contribution in [0.4, 0.5) is 4.79 Å². The largest absolute Gasteiger partial charge is 0.444 e. The van der Waals surface area contributed by atoms with Crippen LogP contribution in [0.3, 0.4) is 0 Å². The Balaban J connectivity index is 2.12. The van der Waals surface area contributed by atoms with E-state index in [1.807, 2.05) is 30.3 Å². The van der Waals surface area contributed by atoms with E-state index in [-0.39, 0.29) is 0 Å². The third-order valence-corrected chi connectivity index (χ3v) is 3.42. The fourth-order valence-corrected chi connectivity index (χ4v) is 2.17. The van der Waals surface area contributed by atoms with Crippen molar-refractivity contribution in [3.05, 3.63) is 53.9 Å². The lowest BCUT2D eigenvalue weighted by molar-refractivity contribution is -0.113. The Hall–Kier alpha value is -2.63. The van der Waals surface area contributed by atoms with E-state index in [9.17, 15) is 9.59 Å². The van der Waals surface area contributed by atoms with E-state index in [1.54, 1.807) is 44.8 Å². The van der Waals surface area contributed by atoms with Gasteiger partial charge in [0.05, 0.1) is 12.7 Å². The standard InChI is InChI=1S/C18H23N3O3/c1-17(2,3)24-16(23)20-18(4,13-22)15-10-19-21(12-15)11-14-8-6-5-7-9-14/h5-10,12-13H,11H2,1-4H3,(H,20,23). The lowest BCUT2D eigenvalue weighted by Crippen LogP contribution is -2.46. The average molecular weight is 329 g/mol. The number of carbonyl (C=O) groups excluding carboxylic acids is 2. The molecule has 0 aliphatic rings. The fraction of sp³-hybridized carbons (Fsp3) is 0.389. The van der Waals surface area contributed by atoms with E-state index in [1.165, 1.54) is 0 Å². The van der Waals surface area contributed by atoms with Crippen LogP contribution in [-0.4, -0.2) is 27.8 Å². The molecule has 0 radical (unpaired) electrons. The highest BCUT2D eigenvalue weighted by atomic mass is 16.6. The maximum absolute atomic E-state index is 12.0.